The molecule has 0 aromatic rings. The number of nitrogens with one attached hydrogen (secondary N) is 1. The van der Waals surface area contributed by atoms with Crippen LogP contribution in [0.15, 0.2) is 0 Å². The summed E-state index contributed by atoms with van der Waals surface area (Å²) in [7, 11) is 0. The van der Waals surface area contributed by atoms with E-state index in [2.05, 4.69) is 39.9 Å². The van der Waals surface area contributed by atoms with Gasteiger partial charge in [0, 0.05) is 12.1 Å². The predicted molar refractivity (Wildman–Crippen MR) is 68.0 cm³/mol. The number of fused-ring (bicyclic) bond motifs is 2. The zero-order valence-corrected chi connectivity index (χ0v) is 11.2. The molecule has 2 aliphatic heterocycles. The summed E-state index contributed by atoms with van der Waals surface area (Å²) in [5.74, 6) is 2.74. The molecule has 2 rings (SSSR count). The smallest absolute Gasteiger partial charge is 0.00729 e. The van der Waals surface area contributed by atoms with E-state index in [1.807, 2.05) is 0 Å². The van der Waals surface area contributed by atoms with E-state index in [9.17, 15) is 0 Å². The van der Waals surface area contributed by atoms with Gasteiger partial charge in [0.05, 0.1) is 0 Å². The second kappa shape index (κ2) is 5.89. The Balaban J connectivity index is 0.000000245. The van der Waals surface area contributed by atoms with Gasteiger partial charge in [-0.3, -0.25) is 0 Å². The molecule has 2 saturated heterocycles. The summed E-state index contributed by atoms with van der Waals surface area (Å²) in [6.45, 7) is 11.2. The zero-order valence-electron chi connectivity index (χ0n) is 11.2. The number of rotatable bonds is 1. The number of hydrogen-bond acceptors (Lipinski definition) is 1. The molecule has 2 fully saturated rings. The second-order valence-electron chi connectivity index (χ2n) is 6.35. The van der Waals surface area contributed by atoms with Gasteiger partial charge in [-0.05, 0) is 43.4 Å². The normalized spacial score (nSPS) is 34.2. The van der Waals surface area contributed by atoms with Crippen molar-refractivity contribution in [2.75, 3.05) is 0 Å². The van der Waals surface area contributed by atoms with Gasteiger partial charge in [0.2, 0.25) is 0 Å². The first-order valence-corrected chi connectivity index (χ1v) is 6.75. The Labute approximate surface area is 96.0 Å². The Morgan fingerprint density at radius 1 is 0.867 bits per heavy atom. The molecule has 2 atom stereocenters. The maximum atomic E-state index is 3.68. The third-order valence-electron chi connectivity index (χ3n) is 3.45. The topological polar surface area (TPSA) is 12.0 Å². The van der Waals surface area contributed by atoms with Crippen LogP contribution in [-0.2, 0) is 0 Å². The molecule has 0 amide bonds. The molecule has 1 heteroatoms. The third kappa shape index (κ3) is 4.55. The molecule has 2 aliphatic rings. The predicted octanol–water partition coefficient (Wildman–Crippen LogP) is 3.84. The summed E-state index contributed by atoms with van der Waals surface area (Å²) in [6, 6.07) is 1.75. The SMILES string of the molecule is CC(C)C.CC(C)C1CC2CCC(C1)N2. The molecular weight excluding hydrogens is 182 g/mol. The van der Waals surface area contributed by atoms with E-state index in [0.717, 1.165) is 29.8 Å². The fourth-order valence-electron chi connectivity index (χ4n) is 2.65. The molecule has 1 nitrogen and oxygen atoms in total. The molecule has 0 spiro atoms. The van der Waals surface area contributed by atoms with Crippen LogP contribution in [0.3, 0.4) is 0 Å². The molecule has 0 aliphatic carbocycles. The Bertz CT molecular complexity index is 159. The molecule has 90 valence electrons. The van der Waals surface area contributed by atoms with Crippen molar-refractivity contribution in [3.8, 4) is 0 Å². The molecular formula is C14H29N. The van der Waals surface area contributed by atoms with Gasteiger partial charge in [-0.1, -0.05) is 34.6 Å². The average molecular weight is 211 g/mol. The van der Waals surface area contributed by atoms with Crippen molar-refractivity contribution in [2.24, 2.45) is 17.8 Å². The van der Waals surface area contributed by atoms with Crippen molar-refractivity contribution in [2.45, 2.75) is 72.4 Å². The van der Waals surface area contributed by atoms with E-state index >= 15 is 0 Å². The van der Waals surface area contributed by atoms with Crippen molar-refractivity contribution in [3.63, 3.8) is 0 Å². The van der Waals surface area contributed by atoms with Crippen molar-refractivity contribution >= 4 is 0 Å². The van der Waals surface area contributed by atoms with Crippen LogP contribution in [0.25, 0.3) is 0 Å². The summed E-state index contributed by atoms with van der Waals surface area (Å²) < 4.78 is 0. The standard InChI is InChI=1S/C10H19N.C4H10/c1-7(2)8-5-9-3-4-10(6-8)11-9;1-4(2)3/h7-11H,3-6H2,1-2H3;4H,1-3H3. The molecule has 0 aromatic carbocycles. The lowest BCUT2D eigenvalue weighted by molar-refractivity contribution is 0.240. The van der Waals surface area contributed by atoms with Gasteiger partial charge in [0.15, 0.2) is 0 Å². The molecule has 0 saturated carbocycles. The number of piperidine rings is 1. The van der Waals surface area contributed by atoms with E-state index in [1.165, 1.54) is 25.7 Å². The summed E-state index contributed by atoms with van der Waals surface area (Å²) in [5, 5.41) is 3.68. The van der Waals surface area contributed by atoms with Crippen LogP contribution in [0.2, 0.25) is 0 Å². The average Bonchev–Trinajstić information content (AvgIpc) is 2.44. The Morgan fingerprint density at radius 2 is 1.27 bits per heavy atom. The van der Waals surface area contributed by atoms with E-state index in [1.54, 1.807) is 0 Å². The molecule has 2 unspecified atom stereocenters. The van der Waals surface area contributed by atoms with Crippen LogP contribution in [0.4, 0.5) is 0 Å². The van der Waals surface area contributed by atoms with Gasteiger partial charge in [-0.15, -0.1) is 0 Å². The lowest BCUT2D eigenvalue weighted by Gasteiger charge is -2.31. The largest absolute Gasteiger partial charge is 0.311 e. The molecule has 2 bridgehead atoms. The monoisotopic (exact) mass is 211 g/mol. The first-order chi connectivity index (χ1) is 6.99. The molecule has 0 radical (unpaired) electrons. The van der Waals surface area contributed by atoms with Gasteiger partial charge in [-0.25, -0.2) is 0 Å². The Kier molecular flexibility index (Phi) is 5.11. The highest BCUT2D eigenvalue weighted by Gasteiger charge is 2.34. The maximum Gasteiger partial charge on any atom is 0.00729 e. The lowest BCUT2D eigenvalue weighted by Crippen LogP contribution is -2.39. The summed E-state index contributed by atoms with van der Waals surface area (Å²) in [4.78, 5) is 0. The summed E-state index contributed by atoms with van der Waals surface area (Å²) >= 11 is 0. The Morgan fingerprint density at radius 3 is 1.60 bits per heavy atom. The minimum Gasteiger partial charge on any atom is -0.311 e. The highest BCUT2D eigenvalue weighted by atomic mass is 15.0. The van der Waals surface area contributed by atoms with Crippen molar-refractivity contribution in [1.82, 2.24) is 5.32 Å². The van der Waals surface area contributed by atoms with E-state index in [-0.39, 0.29) is 0 Å². The second-order valence-corrected chi connectivity index (χ2v) is 6.35. The first-order valence-electron chi connectivity index (χ1n) is 6.75. The Hall–Kier alpha value is -0.0400. The van der Waals surface area contributed by atoms with Crippen LogP contribution in [0.1, 0.15) is 60.3 Å². The van der Waals surface area contributed by atoms with Crippen LogP contribution >= 0.6 is 0 Å². The van der Waals surface area contributed by atoms with Crippen LogP contribution < -0.4 is 5.32 Å². The third-order valence-corrected chi connectivity index (χ3v) is 3.45. The van der Waals surface area contributed by atoms with Crippen molar-refractivity contribution in [3.05, 3.63) is 0 Å². The van der Waals surface area contributed by atoms with Gasteiger partial charge < -0.3 is 5.32 Å². The fourth-order valence-corrected chi connectivity index (χ4v) is 2.65. The van der Waals surface area contributed by atoms with Gasteiger partial charge in [0.1, 0.15) is 0 Å². The summed E-state index contributed by atoms with van der Waals surface area (Å²) in [6.07, 6.45) is 5.75. The zero-order chi connectivity index (χ0) is 11.4. The van der Waals surface area contributed by atoms with Crippen molar-refractivity contribution < 1.29 is 0 Å². The molecule has 0 aromatic heterocycles. The van der Waals surface area contributed by atoms with Gasteiger partial charge >= 0.3 is 0 Å². The molecule has 15 heavy (non-hydrogen) atoms. The highest BCUT2D eigenvalue weighted by Crippen LogP contribution is 2.34. The molecule has 1 N–H and O–H groups in total. The van der Waals surface area contributed by atoms with E-state index in [0.29, 0.717) is 0 Å². The molecule has 2 heterocycles. The quantitative estimate of drug-likeness (QED) is 0.695. The maximum absolute atomic E-state index is 3.68. The van der Waals surface area contributed by atoms with Crippen LogP contribution in [0.5, 0.6) is 0 Å². The van der Waals surface area contributed by atoms with Crippen LogP contribution in [0, 0.1) is 17.8 Å². The number of hydrogen-bond donors (Lipinski definition) is 1. The fraction of sp³-hybridized carbons (Fsp3) is 1.00. The minimum atomic E-state index is 0.833. The van der Waals surface area contributed by atoms with Crippen LogP contribution in [-0.4, -0.2) is 12.1 Å². The highest BCUT2D eigenvalue weighted by molar-refractivity contribution is 4.92. The first kappa shape index (κ1) is 13.0. The van der Waals surface area contributed by atoms with E-state index in [4.69, 9.17) is 0 Å². The lowest BCUT2D eigenvalue weighted by atomic mass is 9.84. The summed E-state index contributed by atoms with van der Waals surface area (Å²) in [5.41, 5.74) is 0. The van der Waals surface area contributed by atoms with Crippen molar-refractivity contribution in [1.29, 1.82) is 0 Å². The van der Waals surface area contributed by atoms with E-state index < -0.39 is 0 Å². The van der Waals surface area contributed by atoms with Gasteiger partial charge in [0.25, 0.3) is 0 Å². The minimum absolute atomic E-state index is 0.833. The van der Waals surface area contributed by atoms with Gasteiger partial charge in [-0.2, -0.15) is 0 Å².